The third-order valence-electron chi connectivity index (χ3n) is 7.24. The van der Waals surface area contributed by atoms with Crippen LogP contribution in [0.4, 0.5) is 0 Å². The highest BCUT2D eigenvalue weighted by atomic mass is 79.9. The third kappa shape index (κ3) is 6.77. The number of ether oxygens (including phenoxy) is 1. The van der Waals surface area contributed by atoms with Crippen LogP contribution in [0.1, 0.15) is 60.7 Å². The molecule has 5 rings (SSSR count). The number of rotatable bonds is 8. The molecule has 2 aromatic carbocycles. The van der Waals surface area contributed by atoms with Crippen molar-refractivity contribution >= 4 is 21.8 Å². The van der Waals surface area contributed by atoms with Gasteiger partial charge in [-0.25, -0.2) is 9.36 Å². The number of carbonyl (C=O) groups excluding carboxylic acids is 1. The summed E-state index contributed by atoms with van der Waals surface area (Å²) in [5.41, 5.74) is 5.85. The predicted molar refractivity (Wildman–Crippen MR) is 163 cm³/mol. The highest BCUT2D eigenvalue weighted by Gasteiger charge is 2.37. The van der Waals surface area contributed by atoms with E-state index < -0.39 is 0 Å². The molecule has 2 aromatic heterocycles. The van der Waals surface area contributed by atoms with Crippen molar-refractivity contribution in [1.29, 1.82) is 0 Å². The van der Waals surface area contributed by atoms with E-state index in [2.05, 4.69) is 69.3 Å². The molecule has 0 unspecified atom stereocenters. The number of morpholine rings is 1. The summed E-state index contributed by atoms with van der Waals surface area (Å²) in [4.78, 5) is 15.4. The molecule has 1 saturated heterocycles. The Labute approximate surface area is 250 Å². The second-order valence-corrected chi connectivity index (χ2v) is 12.8. The van der Waals surface area contributed by atoms with Crippen LogP contribution in [-0.2, 0) is 17.7 Å². The number of benzene rings is 2. The molecule has 41 heavy (non-hydrogen) atoms. The Morgan fingerprint density at radius 2 is 1.71 bits per heavy atom. The fraction of sp³-hybridized carbons (Fsp3) is 0.419. The van der Waals surface area contributed by atoms with Gasteiger partial charge in [0, 0.05) is 38.2 Å². The van der Waals surface area contributed by atoms with Gasteiger partial charge in [0.05, 0.1) is 50.3 Å². The Kier molecular flexibility index (Phi) is 8.18. The van der Waals surface area contributed by atoms with Crippen LogP contribution in [0.5, 0.6) is 0 Å². The van der Waals surface area contributed by atoms with Gasteiger partial charge < -0.3 is 10.1 Å². The number of nitrogens with zero attached hydrogens (tertiary/aromatic N) is 6. The molecule has 1 N–H and O–H groups in total. The highest BCUT2D eigenvalue weighted by molar-refractivity contribution is 9.10. The van der Waals surface area contributed by atoms with E-state index in [0.29, 0.717) is 12.1 Å². The number of para-hydroxylation sites is 1. The zero-order valence-corrected chi connectivity index (χ0v) is 26.2. The Morgan fingerprint density at radius 3 is 2.37 bits per heavy atom. The zero-order chi connectivity index (χ0) is 29.4. The van der Waals surface area contributed by atoms with Crippen molar-refractivity contribution in [3.63, 3.8) is 0 Å². The lowest BCUT2D eigenvalue weighted by molar-refractivity contribution is -0.180. The molecule has 10 heteroatoms. The maximum absolute atomic E-state index is 13.0. The minimum atomic E-state index is -0.180. The third-order valence-corrected chi connectivity index (χ3v) is 8.39. The second-order valence-electron chi connectivity index (χ2n) is 12.0. The molecule has 0 bridgehead atoms. The van der Waals surface area contributed by atoms with Crippen LogP contribution in [-0.4, -0.2) is 66.4 Å². The molecule has 1 amide bonds. The quantitative estimate of drug-likeness (QED) is 0.292. The smallest absolute Gasteiger partial charge is 0.251 e. The van der Waals surface area contributed by atoms with Gasteiger partial charge in [0.2, 0.25) is 0 Å². The molecule has 0 spiro atoms. The minimum absolute atomic E-state index is 0.142. The fourth-order valence-corrected chi connectivity index (χ4v) is 5.94. The summed E-state index contributed by atoms with van der Waals surface area (Å²) >= 11 is 3.57. The summed E-state index contributed by atoms with van der Waals surface area (Å²) in [6, 6.07) is 15.4. The van der Waals surface area contributed by atoms with Crippen molar-refractivity contribution in [2.24, 2.45) is 0 Å². The summed E-state index contributed by atoms with van der Waals surface area (Å²) in [6.07, 6.45) is 2.78. The molecule has 216 valence electrons. The largest absolute Gasteiger partial charge is 0.367 e. The SMILES string of the molecule is Cc1nn(-c2ccc(C(=O)NCc3ccccc3-n3cc(CCN4CC(C)(C)OC(C)(C)C4)nn3)cc2)c(C)c1Br. The number of carbonyl (C=O) groups is 1. The van der Waals surface area contributed by atoms with E-state index in [9.17, 15) is 4.79 Å². The van der Waals surface area contributed by atoms with E-state index in [0.717, 1.165) is 64.5 Å². The first-order valence-corrected chi connectivity index (χ1v) is 14.7. The van der Waals surface area contributed by atoms with Crippen LogP contribution < -0.4 is 5.32 Å². The normalized spacial score (nSPS) is 16.6. The number of hydrogen-bond donors (Lipinski definition) is 1. The summed E-state index contributed by atoms with van der Waals surface area (Å²) in [7, 11) is 0. The molecule has 0 aliphatic carbocycles. The van der Waals surface area contributed by atoms with Crippen molar-refractivity contribution in [3.8, 4) is 11.4 Å². The average molecular weight is 621 g/mol. The van der Waals surface area contributed by atoms with Gasteiger partial charge in [-0.15, -0.1) is 5.10 Å². The molecule has 0 saturated carbocycles. The molecule has 1 aliphatic heterocycles. The molecular formula is C31H38BrN7O2. The number of amides is 1. The highest BCUT2D eigenvalue weighted by Crippen LogP contribution is 2.28. The lowest BCUT2D eigenvalue weighted by Gasteiger charge is -2.47. The first-order chi connectivity index (χ1) is 19.4. The van der Waals surface area contributed by atoms with Crippen molar-refractivity contribution in [1.82, 2.24) is 35.0 Å². The van der Waals surface area contributed by atoms with E-state index in [1.54, 1.807) is 4.68 Å². The number of hydrogen-bond acceptors (Lipinski definition) is 6. The summed E-state index contributed by atoms with van der Waals surface area (Å²) < 4.78 is 10.9. The van der Waals surface area contributed by atoms with Gasteiger partial charge in [0.1, 0.15) is 0 Å². The molecule has 3 heterocycles. The Bertz CT molecular complexity index is 1520. The van der Waals surface area contributed by atoms with E-state index >= 15 is 0 Å². The lowest BCUT2D eigenvalue weighted by atomic mass is 9.99. The summed E-state index contributed by atoms with van der Waals surface area (Å²) in [5, 5.41) is 16.5. The monoisotopic (exact) mass is 619 g/mol. The van der Waals surface area contributed by atoms with E-state index in [1.165, 1.54) is 0 Å². The van der Waals surface area contributed by atoms with Crippen molar-refractivity contribution in [3.05, 3.63) is 87.4 Å². The van der Waals surface area contributed by atoms with Crippen molar-refractivity contribution in [2.75, 3.05) is 19.6 Å². The van der Waals surface area contributed by atoms with Crippen LogP contribution >= 0.6 is 15.9 Å². The van der Waals surface area contributed by atoms with Gasteiger partial charge >= 0.3 is 0 Å². The number of aryl methyl sites for hydroxylation is 1. The van der Waals surface area contributed by atoms with Crippen LogP contribution in [0.25, 0.3) is 11.4 Å². The molecule has 9 nitrogen and oxygen atoms in total. The maximum atomic E-state index is 13.0. The molecule has 4 aromatic rings. The maximum Gasteiger partial charge on any atom is 0.251 e. The first kappa shape index (κ1) is 29.2. The van der Waals surface area contributed by atoms with Gasteiger partial charge in [-0.05, 0) is 93.4 Å². The van der Waals surface area contributed by atoms with Crippen LogP contribution in [0.15, 0.2) is 59.2 Å². The molecule has 0 radical (unpaired) electrons. The van der Waals surface area contributed by atoms with Crippen LogP contribution in [0.3, 0.4) is 0 Å². The van der Waals surface area contributed by atoms with Crippen LogP contribution in [0.2, 0.25) is 0 Å². The van der Waals surface area contributed by atoms with E-state index in [1.807, 2.05) is 73.3 Å². The Hall–Kier alpha value is -3.34. The van der Waals surface area contributed by atoms with E-state index in [-0.39, 0.29) is 17.1 Å². The standard InChI is InChI=1S/C31H38BrN7O2/c1-21-28(32)22(2)39(35-21)26-13-11-23(12-14-26)29(40)33-17-24-9-7-8-10-27(24)38-18-25(34-36-38)15-16-37-19-30(3,4)41-31(5,6)20-37/h7-14,18H,15-17,19-20H2,1-6H3,(H,33,40). The lowest BCUT2D eigenvalue weighted by Crippen LogP contribution is -2.57. The van der Waals surface area contributed by atoms with E-state index in [4.69, 9.17) is 4.74 Å². The van der Waals surface area contributed by atoms with Crippen molar-refractivity contribution in [2.45, 2.75) is 65.7 Å². The average Bonchev–Trinajstić information content (AvgIpc) is 3.49. The summed E-state index contributed by atoms with van der Waals surface area (Å²) in [5.74, 6) is -0.142. The van der Waals surface area contributed by atoms with Crippen molar-refractivity contribution < 1.29 is 9.53 Å². The zero-order valence-electron chi connectivity index (χ0n) is 24.6. The Balaban J connectivity index is 1.21. The molecule has 0 atom stereocenters. The van der Waals surface area contributed by atoms with Gasteiger partial charge in [-0.3, -0.25) is 9.69 Å². The molecule has 1 aliphatic rings. The fourth-order valence-electron chi connectivity index (χ4n) is 5.70. The molecular weight excluding hydrogens is 582 g/mol. The van der Waals surface area contributed by atoms with Gasteiger partial charge in [0.25, 0.3) is 5.91 Å². The topological polar surface area (TPSA) is 90.1 Å². The first-order valence-electron chi connectivity index (χ1n) is 13.9. The number of halogens is 1. The van der Waals surface area contributed by atoms with Gasteiger partial charge in [-0.1, -0.05) is 23.4 Å². The predicted octanol–water partition coefficient (Wildman–Crippen LogP) is 5.19. The van der Waals surface area contributed by atoms with Gasteiger partial charge in [-0.2, -0.15) is 5.10 Å². The minimum Gasteiger partial charge on any atom is -0.367 e. The summed E-state index contributed by atoms with van der Waals surface area (Å²) in [6.45, 7) is 15.6. The second kappa shape index (κ2) is 11.5. The Morgan fingerprint density at radius 1 is 1.02 bits per heavy atom. The van der Waals surface area contributed by atoms with Gasteiger partial charge in [0.15, 0.2) is 0 Å². The molecule has 1 fully saturated rings. The number of nitrogens with one attached hydrogen (secondary N) is 1. The number of aromatic nitrogens is 5. The van der Waals surface area contributed by atoms with Crippen LogP contribution in [0, 0.1) is 13.8 Å².